The fraction of sp³-hybridized carbons (Fsp3) is 0.304. The van der Waals surface area contributed by atoms with Crippen molar-refractivity contribution in [3.8, 4) is 0 Å². The van der Waals surface area contributed by atoms with Crippen LogP contribution in [0.1, 0.15) is 5.56 Å². The van der Waals surface area contributed by atoms with E-state index in [0.29, 0.717) is 6.54 Å². The third-order valence-corrected chi connectivity index (χ3v) is 6.15. The molecule has 3 heterocycles. The van der Waals surface area contributed by atoms with E-state index in [1.807, 2.05) is 42.5 Å². The molecule has 0 spiro atoms. The summed E-state index contributed by atoms with van der Waals surface area (Å²) in [6.07, 6.45) is 5.33. The molecule has 0 radical (unpaired) electrons. The highest BCUT2D eigenvalue weighted by atomic mass is 32.2. The molecule has 9 heteroatoms. The first-order valence-electron chi connectivity index (χ1n) is 10.7. The lowest BCUT2D eigenvalue weighted by Crippen LogP contribution is -2.49. The van der Waals surface area contributed by atoms with Crippen LogP contribution >= 0.6 is 11.8 Å². The predicted octanol–water partition coefficient (Wildman–Crippen LogP) is 3.11. The molecule has 2 amide bonds. The average molecular weight is 450 g/mol. The molecule has 1 saturated heterocycles. The van der Waals surface area contributed by atoms with Crippen LogP contribution in [-0.2, 0) is 5.75 Å². The number of carbonyl (C=O) groups is 1. The Morgan fingerprint density at radius 3 is 2.53 bits per heavy atom. The standard InChI is InChI=1S/C23H27N7OS/c31-23(27-11-12-29-13-15-30(16-14-29)22-25-9-4-10-26-22)28-20-6-3-5-19(17-20)18-32-21-7-1-2-8-24-21/h1-10,17H,11-16,18H2,(H2,27,28,31). The van der Waals surface area contributed by atoms with Crippen molar-refractivity contribution in [3.05, 3.63) is 72.7 Å². The highest BCUT2D eigenvalue weighted by Gasteiger charge is 2.18. The van der Waals surface area contributed by atoms with E-state index in [1.165, 1.54) is 0 Å². The minimum Gasteiger partial charge on any atom is -0.338 e. The zero-order valence-electron chi connectivity index (χ0n) is 17.9. The van der Waals surface area contributed by atoms with E-state index in [-0.39, 0.29) is 6.03 Å². The Balaban J connectivity index is 1.15. The van der Waals surface area contributed by atoms with Gasteiger partial charge < -0.3 is 15.5 Å². The second-order valence-corrected chi connectivity index (χ2v) is 8.41. The van der Waals surface area contributed by atoms with Crippen LogP contribution in [0.15, 0.2) is 72.1 Å². The van der Waals surface area contributed by atoms with Crippen molar-refractivity contribution in [3.63, 3.8) is 0 Å². The minimum absolute atomic E-state index is 0.184. The monoisotopic (exact) mass is 449 g/mol. The van der Waals surface area contributed by atoms with Crippen LogP contribution in [-0.4, -0.2) is 65.2 Å². The number of nitrogens with zero attached hydrogens (tertiary/aromatic N) is 5. The highest BCUT2D eigenvalue weighted by molar-refractivity contribution is 7.98. The Kier molecular flexibility index (Phi) is 7.89. The Hall–Kier alpha value is -3.17. The molecular weight excluding hydrogens is 422 g/mol. The first-order chi connectivity index (χ1) is 15.8. The van der Waals surface area contributed by atoms with E-state index in [9.17, 15) is 4.79 Å². The topological polar surface area (TPSA) is 86.3 Å². The van der Waals surface area contributed by atoms with Crippen LogP contribution in [0, 0.1) is 0 Å². The first-order valence-corrected chi connectivity index (χ1v) is 11.7. The maximum atomic E-state index is 12.3. The molecule has 1 fully saturated rings. The fourth-order valence-electron chi connectivity index (χ4n) is 3.46. The molecule has 1 aliphatic rings. The van der Waals surface area contributed by atoms with Crippen LogP contribution < -0.4 is 15.5 Å². The number of thioether (sulfide) groups is 1. The number of carbonyl (C=O) groups excluding carboxylic acids is 1. The number of nitrogens with one attached hydrogen (secondary N) is 2. The Labute approximate surface area is 192 Å². The SMILES string of the molecule is O=C(NCCN1CCN(c2ncccn2)CC1)Nc1cccc(CSc2ccccn2)c1. The number of hydrogen-bond acceptors (Lipinski definition) is 7. The van der Waals surface area contributed by atoms with Gasteiger partial charge in [-0.25, -0.2) is 19.7 Å². The normalized spacial score (nSPS) is 14.2. The van der Waals surface area contributed by atoms with Crippen molar-refractivity contribution in [2.75, 3.05) is 49.5 Å². The van der Waals surface area contributed by atoms with Gasteiger partial charge in [-0.2, -0.15) is 0 Å². The molecule has 0 aliphatic carbocycles. The minimum atomic E-state index is -0.184. The first kappa shape index (κ1) is 22.0. The summed E-state index contributed by atoms with van der Waals surface area (Å²) in [6.45, 7) is 5.05. The van der Waals surface area contributed by atoms with E-state index in [0.717, 1.165) is 60.7 Å². The van der Waals surface area contributed by atoms with Crippen LogP contribution in [0.4, 0.5) is 16.4 Å². The van der Waals surface area contributed by atoms with E-state index in [1.54, 1.807) is 30.4 Å². The van der Waals surface area contributed by atoms with Gasteiger partial charge in [-0.15, -0.1) is 11.8 Å². The van der Waals surface area contributed by atoms with Gasteiger partial charge in [-0.05, 0) is 35.9 Å². The van der Waals surface area contributed by atoms with E-state index < -0.39 is 0 Å². The molecule has 4 rings (SSSR count). The number of aromatic nitrogens is 3. The highest BCUT2D eigenvalue weighted by Crippen LogP contribution is 2.22. The summed E-state index contributed by atoms with van der Waals surface area (Å²) in [5.74, 6) is 1.58. The molecule has 32 heavy (non-hydrogen) atoms. The fourth-order valence-corrected chi connectivity index (χ4v) is 4.26. The second-order valence-electron chi connectivity index (χ2n) is 7.42. The number of hydrogen-bond donors (Lipinski definition) is 2. The van der Waals surface area contributed by atoms with Crippen molar-refractivity contribution >= 4 is 29.4 Å². The Morgan fingerprint density at radius 1 is 0.938 bits per heavy atom. The average Bonchev–Trinajstić information content (AvgIpc) is 2.85. The number of rotatable bonds is 8. The van der Waals surface area contributed by atoms with Crippen LogP contribution in [0.2, 0.25) is 0 Å². The van der Waals surface area contributed by atoms with Gasteiger partial charge in [0.25, 0.3) is 0 Å². The van der Waals surface area contributed by atoms with E-state index in [4.69, 9.17) is 0 Å². The molecule has 1 aromatic carbocycles. The van der Waals surface area contributed by atoms with Gasteiger partial charge in [-0.3, -0.25) is 4.90 Å². The van der Waals surface area contributed by atoms with Crippen molar-refractivity contribution in [2.24, 2.45) is 0 Å². The second kappa shape index (κ2) is 11.4. The summed E-state index contributed by atoms with van der Waals surface area (Å²) < 4.78 is 0. The number of amides is 2. The van der Waals surface area contributed by atoms with Crippen LogP contribution in [0.25, 0.3) is 0 Å². The molecule has 0 saturated carbocycles. The van der Waals surface area contributed by atoms with Gasteiger partial charge in [-0.1, -0.05) is 18.2 Å². The van der Waals surface area contributed by atoms with Crippen LogP contribution in [0.5, 0.6) is 0 Å². The van der Waals surface area contributed by atoms with Crippen molar-refractivity contribution in [1.29, 1.82) is 0 Å². The maximum Gasteiger partial charge on any atom is 0.319 e. The van der Waals surface area contributed by atoms with Gasteiger partial charge in [0.05, 0.1) is 5.03 Å². The lowest BCUT2D eigenvalue weighted by Gasteiger charge is -2.34. The zero-order valence-corrected chi connectivity index (χ0v) is 18.7. The Bertz CT molecular complexity index is 982. The predicted molar refractivity (Wildman–Crippen MR) is 128 cm³/mol. The van der Waals surface area contributed by atoms with Gasteiger partial charge in [0.1, 0.15) is 0 Å². The maximum absolute atomic E-state index is 12.3. The van der Waals surface area contributed by atoms with Crippen molar-refractivity contribution in [1.82, 2.24) is 25.2 Å². The summed E-state index contributed by atoms with van der Waals surface area (Å²) >= 11 is 1.67. The summed E-state index contributed by atoms with van der Waals surface area (Å²) in [6, 6.07) is 15.4. The van der Waals surface area contributed by atoms with Gasteiger partial charge in [0, 0.05) is 69.3 Å². The molecule has 1 aliphatic heterocycles. The number of benzene rings is 1. The smallest absolute Gasteiger partial charge is 0.319 e. The lowest BCUT2D eigenvalue weighted by atomic mass is 10.2. The molecule has 0 bridgehead atoms. The number of urea groups is 1. The third kappa shape index (κ3) is 6.66. The van der Waals surface area contributed by atoms with Crippen molar-refractivity contribution < 1.29 is 4.79 Å². The lowest BCUT2D eigenvalue weighted by molar-refractivity contribution is 0.240. The summed E-state index contributed by atoms with van der Waals surface area (Å²) in [4.78, 5) is 29.8. The summed E-state index contributed by atoms with van der Waals surface area (Å²) in [5.41, 5.74) is 1.93. The van der Waals surface area contributed by atoms with Gasteiger partial charge in [0.15, 0.2) is 0 Å². The number of piperazine rings is 1. The molecule has 2 N–H and O–H groups in total. The van der Waals surface area contributed by atoms with Gasteiger partial charge in [0.2, 0.25) is 5.95 Å². The summed E-state index contributed by atoms with van der Waals surface area (Å²) in [5, 5.41) is 6.87. The molecule has 2 aromatic heterocycles. The number of anilines is 2. The third-order valence-electron chi connectivity index (χ3n) is 5.13. The van der Waals surface area contributed by atoms with E-state index >= 15 is 0 Å². The van der Waals surface area contributed by atoms with Gasteiger partial charge >= 0.3 is 6.03 Å². The molecule has 0 unspecified atom stereocenters. The summed E-state index contributed by atoms with van der Waals surface area (Å²) in [7, 11) is 0. The van der Waals surface area contributed by atoms with Crippen molar-refractivity contribution in [2.45, 2.75) is 10.8 Å². The molecule has 8 nitrogen and oxygen atoms in total. The molecular formula is C23H27N7OS. The molecule has 3 aromatic rings. The quantitative estimate of drug-likeness (QED) is 0.511. The zero-order chi connectivity index (χ0) is 22.0. The molecule has 166 valence electrons. The molecule has 0 atom stereocenters. The van der Waals surface area contributed by atoms with Crippen LogP contribution in [0.3, 0.4) is 0 Å². The Morgan fingerprint density at radius 2 is 1.75 bits per heavy atom. The number of pyridine rings is 1. The largest absolute Gasteiger partial charge is 0.338 e. The van der Waals surface area contributed by atoms with E-state index in [2.05, 4.69) is 41.5 Å².